The molecular weight excluding hydrogens is 410 g/mol. The number of fused-ring (bicyclic) bond motifs is 2. The zero-order chi connectivity index (χ0) is 21.2. The summed E-state index contributed by atoms with van der Waals surface area (Å²) >= 11 is 1.37. The maximum atomic E-state index is 13.5. The van der Waals surface area contributed by atoms with Crippen LogP contribution in [0.4, 0.5) is 5.13 Å². The Labute approximate surface area is 182 Å². The Kier molecular flexibility index (Phi) is 4.93. The average molecular weight is 427 g/mol. The van der Waals surface area contributed by atoms with E-state index in [2.05, 4.69) is 10.1 Å². The van der Waals surface area contributed by atoms with Crippen LogP contribution in [0.5, 0.6) is 5.75 Å². The van der Waals surface area contributed by atoms with Crippen molar-refractivity contribution < 1.29 is 13.9 Å². The third kappa shape index (κ3) is 3.78. The van der Waals surface area contributed by atoms with E-state index in [0.717, 1.165) is 26.7 Å². The number of anilines is 1. The van der Waals surface area contributed by atoms with Crippen molar-refractivity contribution in [3.8, 4) is 5.75 Å². The topological polar surface area (TPSA) is 67.9 Å². The third-order valence-electron chi connectivity index (χ3n) is 4.80. The van der Waals surface area contributed by atoms with Gasteiger partial charge in [0.25, 0.3) is 5.91 Å². The van der Waals surface area contributed by atoms with Gasteiger partial charge in [-0.25, -0.2) is 4.98 Å². The molecule has 0 aliphatic carbocycles. The first-order valence-corrected chi connectivity index (χ1v) is 10.4. The number of aromatic nitrogens is 1. The Morgan fingerprint density at radius 1 is 1.06 bits per heavy atom. The van der Waals surface area contributed by atoms with Crippen LogP contribution in [-0.4, -0.2) is 24.2 Å². The van der Waals surface area contributed by atoms with E-state index in [1.807, 2.05) is 54.6 Å². The van der Waals surface area contributed by atoms with Crippen molar-refractivity contribution in [2.45, 2.75) is 0 Å². The van der Waals surface area contributed by atoms with Gasteiger partial charge in [0, 0.05) is 5.56 Å². The smallest absolute Gasteiger partial charge is 0.280 e. The van der Waals surface area contributed by atoms with Crippen molar-refractivity contribution in [3.63, 3.8) is 0 Å². The van der Waals surface area contributed by atoms with E-state index in [0.29, 0.717) is 16.5 Å². The summed E-state index contributed by atoms with van der Waals surface area (Å²) in [5, 5.41) is 8.23. The highest BCUT2D eigenvalue weighted by Gasteiger charge is 2.21. The van der Waals surface area contributed by atoms with Crippen LogP contribution in [0.25, 0.3) is 21.0 Å². The normalized spacial score (nSPS) is 11.4. The van der Waals surface area contributed by atoms with Crippen LogP contribution >= 0.6 is 11.3 Å². The lowest BCUT2D eigenvalue weighted by Crippen LogP contribution is -2.25. The molecule has 5 rings (SSSR count). The first-order valence-electron chi connectivity index (χ1n) is 9.56. The maximum absolute atomic E-state index is 13.5. The molecule has 5 aromatic rings. The van der Waals surface area contributed by atoms with Crippen LogP contribution in [0.1, 0.15) is 16.1 Å². The molecule has 3 aromatic carbocycles. The molecule has 0 N–H and O–H groups in total. The van der Waals surface area contributed by atoms with E-state index in [1.165, 1.54) is 22.6 Å². The molecule has 0 radical (unpaired) electrons. The van der Waals surface area contributed by atoms with Gasteiger partial charge in [-0.2, -0.15) is 10.1 Å². The number of carbonyl (C=O) groups excluding carboxylic acids is 1. The highest BCUT2D eigenvalue weighted by atomic mass is 32.1. The molecule has 1 amide bonds. The Morgan fingerprint density at radius 3 is 2.74 bits per heavy atom. The van der Waals surface area contributed by atoms with Crippen LogP contribution in [0, 0.1) is 0 Å². The monoisotopic (exact) mass is 427 g/mol. The zero-order valence-electron chi connectivity index (χ0n) is 16.6. The molecule has 2 heterocycles. The van der Waals surface area contributed by atoms with Gasteiger partial charge >= 0.3 is 0 Å². The summed E-state index contributed by atoms with van der Waals surface area (Å²) < 4.78 is 11.5. The minimum atomic E-state index is -0.278. The Hall–Kier alpha value is -3.97. The van der Waals surface area contributed by atoms with Crippen LogP contribution < -0.4 is 9.75 Å². The second kappa shape index (κ2) is 8.04. The number of hydrogen-bond acceptors (Lipinski definition) is 6. The number of furan rings is 1. The van der Waals surface area contributed by atoms with Crippen molar-refractivity contribution in [2.75, 3.05) is 12.1 Å². The molecule has 0 saturated carbocycles. The molecule has 0 unspecified atom stereocenters. The second-order valence-electron chi connectivity index (χ2n) is 6.77. The fraction of sp³-hybridized carbons (Fsp3) is 0.0417. The lowest BCUT2D eigenvalue weighted by molar-refractivity contribution is 0.0988. The van der Waals surface area contributed by atoms with Crippen LogP contribution in [0.3, 0.4) is 0 Å². The number of ether oxygens (including phenoxy) is 1. The number of hydrogen-bond donors (Lipinski definition) is 0. The van der Waals surface area contributed by atoms with Gasteiger partial charge in [0.15, 0.2) is 0 Å². The maximum Gasteiger partial charge on any atom is 0.280 e. The van der Waals surface area contributed by atoms with Crippen molar-refractivity contribution in [2.24, 2.45) is 5.10 Å². The molecule has 0 bridgehead atoms. The zero-order valence-corrected chi connectivity index (χ0v) is 17.4. The molecule has 31 heavy (non-hydrogen) atoms. The summed E-state index contributed by atoms with van der Waals surface area (Å²) in [6.07, 6.45) is 3.06. The molecule has 0 fully saturated rings. The summed E-state index contributed by atoms with van der Waals surface area (Å²) in [5.74, 6) is 0.993. The number of methoxy groups -OCH3 is 1. The molecular formula is C24H17N3O3S. The number of thiazole rings is 1. The van der Waals surface area contributed by atoms with Crippen molar-refractivity contribution in [1.29, 1.82) is 0 Å². The first kappa shape index (κ1) is 19.0. The molecule has 0 spiro atoms. The van der Waals surface area contributed by atoms with Gasteiger partial charge < -0.3 is 9.15 Å². The number of hydrazone groups is 1. The molecule has 0 saturated heterocycles. The average Bonchev–Trinajstić information content (AvgIpc) is 3.48. The molecule has 0 aliphatic heterocycles. The summed E-state index contributed by atoms with van der Waals surface area (Å²) in [6, 6.07) is 22.6. The van der Waals surface area contributed by atoms with Gasteiger partial charge in [-0.1, -0.05) is 41.7 Å². The van der Waals surface area contributed by atoms with Gasteiger partial charge in [-0.05, 0) is 53.2 Å². The predicted octanol–water partition coefficient (Wildman–Crippen LogP) is 5.73. The summed E-state index contributed by atoms with van der Waals surface area (Å²) in [7, 11) is 1.62. The van der Waals surface area contributed by atoms with E-state index >= 15 is 0 Å². The number of carbonyl (C=O) groups is 1. The molecule has 2 aromatic heterocycles. The second-order valence-corrected chi connectivity index (χ2v) is 7.78. The van der Waals surface area contributed by atoms with Gasteiger partial charge in [0.2, 0.25) is 5.13 Å². The van der Waals surface area contributed by atoms with Gasteiger partial charge in [-0.3, -0.25) is 4.79 Å². The quantitative estimate of drug-likeness (QED) is 0.265. The van der Waals surface area contributed by atoms with Gasteiger partial charge in [0.1, 0.15) is 11.5 Å². The predicted molar refractivity (Wildman–Crippen MR) is 123 cm³/mol. The van der Waals surface area contributed by atoms with Gasteiger partial charge in [-0.15, -0.1) is 0 Å². The molecule has 6 nitrogen and oxygen atoms in total. The minimum Gasteiger partial charge on any atom is -0.497 e. The lowest BCUT2D eigenvalue weighted by atomic mass is 10.1. The van der Waals surface area contributed by atoms with E-state index < -0.39 is 0 Å². The van der Waals surface area contributed by atoms with Crippen LogP contribution in [0.15, 0.2) is 88.6 Å². The number of rotatable bonds is 5. The Balaban J connectivity index is 1.58. The van der Waals surface area contributed by atoms with E-state index in [-0.39, 0.29) is 5.91 Å². The standard InChI is InChI=1S/C24H17N3O3S/c1-29-19-10-11-21-22(14-19)31-24(26-21)27(25-15-20-7-4-12-30-20)23(28)18-9-8-16-5-2-3-6-17(16)13-18/h2-15H,1H3/b25-15+. The molecule has 152 valence electrons. The Bertz CT molecular complexity index is 1410. The largest absolute Gasteiger partial charge is 0.497 e. The Morgan fingerprint density at radius 2 is 1.94 bits per heavy atom. The van der Waals surface area contributed by atoms with Crippen LogP contribution in [0.2, 0.25) is 0 Å². The fourth-order valence-corrected chi connectivity index (χ4v) is 4.17. The molecule has 7 heteroatoms. The lowest BCUT2D eigenvalue weighted by Gasteiger charge is -2.14. The summed E-state index contributed by atoms with van der Waals surface area (Å²) in [6.45, 7) is 0. The van der Waals surface area contributed by atoms with E-state index in [4.69, 9.17) is 9.15 Å². The third-order valence-corrected chi connectivity index (χ3v) is 5.79. The van der Waals surface area contributed by atoms with Crippen molar-refractivity contribution in [3.05, 3.63) is 90.4 Å². The van der Waals surface area contributed by atoms with Crippen LogP contribution in [-0.2, 0) is 0 Å². The molecule has 0 atom stereocenters. The number of nitrogens with zero attached hydrogens (tertiary/aromatic N) is 3. The fourth-order valence-electron chi connectivity index (χ4n) is 3.22. The highest BCUT2D eigenvalue weighted by molar-refractivity contribution is 7.22. The summed E-state index contributed by atoms with van der Waals surface area (Å²) in [4.78, 5) is 18.1. The SMILES string of the molecule is COc1ccc2nc(N(/N=C/c3ccco3)C(=O)c3ccc4ccccc4c3)sc2c1. The van der Waals surface area contributed by atoms with E-state index in [9.17, 15) is 4.79 Å². The highest BCUT2D eigenvalue weighted by Crippen LogP contribution is 2.32. The van der Waals surface area contributed by atoms with Crippen molar-refractivity contribution in [1.82, 2.24) is 4.98 Å². The number of amides is 1. The number of benzene rings is 3. The first-order chi connectivity index (χ1) is 15.2. The minimum absolute atomic E-state index is 0.278. The summed E-state index contributed by atoms with van der Waals surface area (Å²) in [5.41, 5.74) is 1.29. The van der Waals surface area contributed by atoms with Gasteiger partial charge in [0.05, 0.1) is 29.8 Å². The van der Waals surface area contributed by atoms with Crippen molar-refractivity contribution >= 4 is 49.6 Å². The molecule has 0 aliphatic rings. The van der Waals surface area contributed by atoms with E-state index in [1.54, 1.807) is 31.6 Å².